The summed E-state index contributed by atoms with van der Waals surface area (Å²) in [7, 11) is 0. The predicted molar refractivity (Wildman–Crippen MR) is 121 cm³/mol. The number of amides is 1. The van der Waals surface area contributed by atoms with Crippen molar-refractivity contribution in [2.45, 2.75) is 27.1 Å². The topological polar surface area (TPSA) is 79.4 Å². The van der Waals surface area contributed by atoms with Crippen molar-refractivity contribution < 1.29 is 22.7 Å². The number of halogens is 3. The van der Waals surface area contributed by atoms with E-state index in [1.54, 1.807) is 24.3 Å². The Morgan fingerprint density at radius 2 is 1.58 bits per heavy atom. The molecule has 0 aliphatic carbocycles. The maximum absolute atomic E-state index is 12.4. The second kappa shape index (κ2) is 10.2. The molecule has 2 N–H and O–H groups in total. The van der Waals surface area contributed by atoms with E-state index in [2.05, 4.69) is 44.1 Å². The highest BCUT2D eigenvalue weighted by Gasteiger charge is 2.31. The van der Waals surface area contributed by atoms with Gasteiger partial charge < -0.3 is 20.3 Å². The SMILES string of the molecule is CCN(CC)c1cc(Nc2ccc(NC(=O)c3ccc(OC(F)(F)F)cc3)cc2)nc(C)n1. The minimum absolute atomic E-state index is 0.201. The number of carbonyl (C=O) groups excluding carboxylic acids is 1. The van der Waals surface area contributed by atoms with E-state index in [1.165, 1.54) is 12.1 Å². The summed E-state index contributed by atoms with van der Waals surface area (Å²) in [4.78, 5) is 23.4. The Morgan fingerprint density at radius 3 is 2.15 bits per heavy atom. The summed E-state index contributed by atoms with van der Waals surface area (Å²) in [5.41, 5.74) is 1.50. The lowest BCUT2D eigenvalue weighted by molar-refractivity contribution is -0.274. The number of hydrogen-bond acceptors (Lipinski definition) is 6. The molecule has 7 nitrogen and oxygen atoms in total. The first kappa shape index (κ1) is 23.8. The summed E-state index contributed by atoms with van der Waals surface area (Å²) in [6.07, 6.45) is -4.78. The van der Waals surface area contributed by atoms with Gasteiger partial charge in [0.25, 0.3) is 5.91 Å². The van der Waals surface area contributed by atoms with Crippen LogP contribution < -0.4 is 20.3 Å². The molecular formula is C23H24F3N5O2. The summed E-state index contributed by atoms with van der Waals surface area (Å²) in [6, 6.07) is 13.6. The predicted octanol–water partition coefficient (Wildman–Crippen LogP) is 5.53. The summed E-state index contributed by atoms with van der Waals surface area (Å²) in [5, 5.41) is 5.93. The van der Waals surface area contributed by atoms with Crippen molar-refractivity contribution in [3.8, 4) is 5.75 Å². The zero-order chi connectivity index (χ0) is 24.0. The summed E-state index contributed by atoms with van der Waals surface area (Å²) < 4.78 is 40.6. The molecule has 2 aromatic carbocycles. The van der Waals surface area contributed by atoms with Gasteiger partial charge in [-0.1, -0.05) is 0 Å². The molecule has 0 atom stereocenters. The fraction of sp³-hybridized carbons (Fsp3) is 0.261. The van der Waals surface area contributed by atoms with Gasteiger partial charge in [0, 0.05) is 36.1 Å². The highest BCUT2D eigenvalue weighted by atomic mass is 19.4. The van der Waals surface area contributed by atoms with Gasteiger partial charge in [-0.05, 0) is 69.3 Å². The molecule has 174 valence electrons. The fourth-order valence-corrected chi connectivity index (χ4v) is 3.12. The maximum Gasteiger partial charge on any atom is 0.573 e. The average Bonchev–Trinajstić information content (AvgIpc) is 2.75. The second-order valence-corrected chi connectivity index (χ2v) is 7.06. The number of aromatic nitrogens is 2. The minimum Gasteiger partial charge on any atom is -0.406 e. The monoisotopic (exact) mass is 459 g/mol. The normalized spacial score (nSPS) is 11.1. The van der Waals surface area contributed by atoms with Gasteiger partial charge in [-0.15, -0.1) is 13.2 Å². The van der Waals surface area contributed by atoms with E-state index in [9.17, 15) is 18.0 Å². The molecule has 1 amide bonds. The third kappa shape index (κ3) is 6.83. The van der Waals surface area contributed by atoms with Crippen molar-refractivity contribution in [1.82, 2.24) is 9.97 Å². The zero-order valence-corrected chi connectivity index (χ0v) is 18.4. The van der Waals surface area contributed by atoms with Gasteiger partial charge in [0.2, 0.25) is 0 Å². The van der Waals surface area contributed by atoms with Crippen LogP contribution in [0.2, 0.25) is 0 Å². The van der Waals surface area contributed by atoms with Crippen LogP contribution in [0.3, 0.4) is 0 Å². The lowest BCUT2D eigenvalue weighted by atomic mass is 10.2. The summed E-state index contributed by atoms with van der Waals surface area (Å²) in [6.45, 7) is 7.62. The first-order chi connectivity index (χ1) is 15.7. The molecule has 0 aliphatic rings. The molecule has 0 radical (unpaired) electrons. The van der Waals surface area contributed by atoms with Gasteiger partial charge in [-0.3, -0.25) is 4.79 Å². The Bertz CT molecular complexity index is 1080. The Labute approximate surface area is 189 Å². The van der Waals surface area contributed by atoms with Crippen molar-refractivity contribution >= 4 is 28.9 Å². The van der Waals surface area contributed by atoms with Crippen LogP contribution in [0.1, 0.15) is 30.0 Å². The molecule has 0 saturated carbocycles. The third-order valence-electron chi connectivity index (χ3n) is 4.68. The van der Waals surface area contributed by atoms with Crippen LogP contribution in [-0.4, -0.2) is 35.3 Å². The van der Waals surface area contributed by atoms with E-state index in [-0.39, 0.29) is 5.56 Å². The van der Waals surface area contributed by atoms with Crippen LogP contribution in [0.4, 0.5) is 36.2 Å². The number of aryl methyl sites for hydroxylation is 1. The molecule has 33 heavy (non-hydrogen) atoms. The molecule has 0 saturated heterocycles. The van der Waals surface area contributed by atoms with Crippen LogP contribution in [0.15, 0.2) is 54.6 Å². The van der Waals surface area contributed by atoms with Gasteiger partial charge in [0.15, 0.2) is 0 Å². The van der Waals surface area contributed by atoms with Crippen molar-refractivity contribution in [3.05, 3.63) is 66.0 Å². The number of hydrogen-bond donors (Lipinski definition) is 2. The summed E-state index contributed by atoms with van der Waals surface area (Å²) >= 11 is 0. The van der Waals surface area contributed by atoms with Crippen molar-refractivity contribution in [2.24, 2.45) is 0 Å². The molecule has 0 aliphatic heterocycles. The first-order valence-electron chi connectivity index (χ1n) is 10.3. The molecule has 1 aromatic heterocycles. The molecule has 0 bridgehead atoms. The van der Waals surface area contributed by atoms with Gasteiger partial charge in [-0.2, -0.15) is 0 Å². The smallest absolute Gasteiger partial charge is 0.406 e. The number of ether oxygens (including phenoxy) is 1. The van der Waals surface area contributed by atoms with E-state index in [4.69, 9.17) is 0 Å². The number of alkyl halides is 3. The molecule has 3 aromatic rings. The molecule has 0 fully saturated rings. The molecular weight excluding hydrogens is 435 g/mol. The molecule has 10 heteroatoms. The largest absolute Gasteiger partial charge is 0.573 e. The van der Waals surface area contributed by atoms with Crippen LogP contribution in [-0.2, 0) is 0 Å². The lowest BCUT2D eigenvalue weighted by Gasteiger charge is -2.20. The quantitative estimate of drug-likeness (QED) is 0.461. The van der Waals surface area contributed by atoms with Crippen LogP contribution in [0, 0.1) is 6.92 Å². The number of carbonyl (C=O) groups is 1. The van der Waals surface area contributed by atoms with E-state index in [0.29, 0.717) is 17.3 Å². The Balaban J connectivity index is 1.64. The average molecular weight is 459 g/mol. The van der Waals surface area contributed by atoms with Gasteiger partial charge in [0.1, 0.15) is 23.2 Å². The zero-order valence-electron chi connectivity index (χ0n) is 18.4. The standard InChI is InChI=1S/C23H24F3N5O2/c1-4-31(5-2)21-14-20(27-15(3)28-21)29-17-8-10-18(11-9-17)30-22(32)16-6-12-19(13-7-16)33-23(24,25)26/h6-14H,4-5H2,1-3H3,(H,30,32)(H,27,28,29). The third-order valence-corrected chi connectivity index (χ3v) is 4.68. The Kier molecular flexibility index (Phi) is 7.37. The van der Waals surface area contributed by atoms with Gasteiger partial charge in [-0.25, -0.2) is 9.97 Å². The molecule has 0 spiro atoms. The number of rotatable bonds is 8. The minimum atomic E-state index is -4.78. The Hall–Kier alpha value is -3.82. The fourth-order valence-electron chi connectivity index (χ4n) is 3.12. The number of nitrogens with one attached hydrogen (secondary N) is 2. The van der Waals surface area contributed by atoms with Crippen molar-refractivity contribution in [2.75, 3.05) is 28.6 Å². The van der Waals surface area contributed by atoms with Gasteiger partial charge in [0.05, 0.1) is 0 Å². The molecule has 0 unspecified atom stereocenters. The highest BCUT2D eigenvalue weighted by molar-refractivity contribution is 6.04. The summed E-state index contributed by atoms with van der Waals surface area (Å²) in [5.74, 6) is 1.30. The molecule has 3 rings (SSSR count). The van der Waals surface area contributed by atoms with E-state index < -0.39 is 18.0 Å². The van der Waals surface area contributed by atoms with Crippen LogP contribution in [0.5, 0.6) is 5.75 Å². The number of benzene rings is 2. The van der Waals surface area contributed by atoms with Crippen molar-refractivity contribution in [1.29, 1.82) is 0 Å². The lowest BCUT2D eigenvalue weighted by Crippen LogP contribution is -2.23. The number of anilines is 4. The van der Waals surface area contributed by atoms with Crippen LogP contribution >= 0.6 is 0 Å². The van der Waals surface area contributed by atoms with Gasteiger partial charge >= 0.3 is 6.36 Å². The molecule has 1 heterocycles. The first-order valence-corrected chi connectivity index (χ1v) is 10.3. The highest BCUT2D eigenvalue weighted by Crippen LogP contribution is 2.24. The van der Waals surface area contributed by atoms with E-state index in [1.807, 2.05) is 13.0 Å². The van der Waals surface area contributed by atoms with Crippen molar-refractivity contribution in [3.63, 3.8) is 0 Å². The number of nitrogens with zero attached hydrogens (tertiary/aromatic N) is 3. The second-order valence-electron chi connectivity index (χ2n) is 7.06. The van der Waals surface area contributed by atoms with Crippen LogP contribution in [0.25, 0.3) is 0 Å². The Morgan fingerprint density at radius 1 is 0.970 bits per heavy atom. The van der Waals surface area contributed by atoms with E-state index >= 15 is 0 Å². The maximum atomic E-state index is 12.4. The van der Waals surface area contributed by atoms with E-state index in [0.717, 1.165) is 36.7 Å².